The van der Waals surface area contributed by atoms with Gasteiger partial charge in [-0.25, -0.2) is 4.98 Å². The van der Waals surface area contributed by atoms with Crippen molar-refractivity contribution in [2.75, 3.05) is 18.8 Å². The van der Waals surface area contributed by atoms with Crippen LogP contribution in [0.5, 0.6) is 0 Å². The summed E-state index contributed by atoms with van der Waals surface area (Å²) in [6, 6.07) is -8.34. The second-order valence-corrected chi connectivity index (χ2v) is 27.0. The quantitative estimate of drug-likeness (QED) is 0.0375. The minimum absolute atomic E-state index is 0. The third-order valence-corrected chi connectivity index (χ3v) is 18.6. The van der Waals surface area contributed by atoms with E-state index in [2.05, 4.69) is 73.4 Å². The first-order chi connectivity index (χ1) is 47.4. The summed E-state index contributed by atoms with van der Waals surface area (Å²) in [5, 5.41) is 49.1. The number of carboxylic acid groups (broad SMARTS) is 2. The topological polar surface area (TPSA) is 531 Å². The van der Waals surface area contributed by atoms with Crippen LogP contribution in [0.15, 0.2) is 47.8 Å². The number of carboxylic acids is 2. The van der Waals surface area contributed by atoms with E-state index in [4.69, 9.17) is 17.2 Å². The molecule has 0 radical (unpaired) electrons. The van der Waals surface area contributed by atoms with E-state index < -0.39 is 193 Å². The molecule has 20 N–H and O–H groups in total. The van der Waals surface area contributed by atoms with Crippen molar-refractivity contribution >= 4 is 99.6 Å². The maximum atomic E-state index is 14.9. The fraction of sp³-hybridized carbons (Fsp3) is 0.636. The van der Waals surface area contributed by atoms with Crippen molar-refractivity contribution in [3.63, 3.8) is 0 Å². The zero-order valence-electron chi connectivity index (χ0n) is 58.9. The van der Waals surface area contributed by atoms with Crippen LogP contribution in [0.1, 0.15) is 150 Å². The van der Waals surface area contributed by atoms with Crippen LogP contribution in [0.3, 0.4) is 0 Å². The molecule has 35 heteroatoms. The van der Waals surface area contributed by atoms with Gasteiger partial charge in [-0.2, -0.15) is 0 Å². The molecule has 12 amide bonds. The first-order valence-corrected chi connectivity index (χ1v) is 35.1. The molecule has 2 aliphatic heterocycles. The van der Waals surface area contributed by atoms with Gasteiger partial charge in [-0.1, -0.05) is 105 Å². The van der Waals surface area contributed by atoms with E-state index in [1.165, 1.54) is 24.3 Å². The van der Waals surface area contributed by atoms with Gasteiger partial charge in [-0.05, 0) is 80.7 Å². The molecule has 0 aliphatic carbocycles. The number of aliphatic carboxylic acids is 2. The molecule has 2 aromatic rings. The summed E-state index contributed by atoms with van der Waals surface area (Å²) in [5.41, 5.74) is 18.7. The molecule has 101 heavy (non-hydrogen) atoms. The van der Waals surface area contributed by atoms with Gasteiger partial charge >= 0.3 is 11.9 Å². The molecular formula is C66H103N17O16SZn. The number of nitrogens with two attached hydrogens (primary N) is 3. The molecule has 15 atom stereocenters. The van der Waals surface area contributed by atoms with Gasteiger partial charge in [0.1, 0.15) is 66.5 Å². The van der Waals surface area contributed by atoms with Crippen LogP contribution in [-0.2, 0) is 99.4 Å². The zero-order valence-corrected chi connectivity index (χ0v) is 62.6. The minimum Gasteiger partial charge on any atom is -0.481 e. The number of nitrogens with zero attached hydrogens (tertiary/aromatic N) is 2. The van der Waals surface area contributed by atoms with Gasteiger partial charge in [0.25, 0.3) is 0 Å². The number of rotatable bonds is 31. The van der Waals surface area contributed by atoms with Gasteiger partial charge in [-0.15, -0.1) is 11.8 Å². The average molecular weight is 1490 g/mol. The summed E-state index contributed by atoms with van der Waals surface area (Å²) in [6.07, 6.45) is 0.368. The Labute approximate surface area is 605 Å². The normalized spacial score (nSPS) is 22.9. The van der Waals surface area contributed by atoms with Crippen LogP contribution in [0, 0.1) is 23.7 Å². The maximum Gasteiger partial charge on any atom is 0.305 e. The van der Waals surface area contributed by atoms with Gasteiger partial charge < -0.3 is 90.9 Å². The number of benzene rings is 1. The number of hydrogen-bond acceptors (Lipinski definition) is 19. The Morgan fingerprint density at radius 1 is 0.663 bits per heavy atom. The fourth-order valence-electron chi connectivity index (χ4n) is 10.9. The number of hydrogen-bond donors (Lipinski definition) is 17. The van der Waals surface area contributed by atoms with Crippen LogP contribution < -0.4 is 75.7 Å². The second-order valence-electron chi connectivity index (χ2n) is 26.0. The summed E-state index contributed by atoms with van der Waals surface area (Å²) >= 11 is 1.35. The number of aliphatic imine (C=N–C) groups is 1. The van der Waals surface area contributed by atoms with E-state index in [-0.39, 0.29) is 114 Å². The van der Waals surface area contributed by atoms with Crippen molar-refractivity contribution in [2.24, 2.45) is 45.9 Å². The standard InChI is InChI=1S/C66H103N17O16S.Zn/c1-9-35(6)52(69)66-81-48(32-100-66)63(97)76-43(26-34(4)5)59(93)74-42(22-23-50(85)86)58(92)83-53(36(7)10-2)64(98)75-40-20-15-16-25-71-55(89)46(29-49(68)84)78-62(96)47(30-51(87)88)79-61(95)45(28-39-31-70-33-72-39)77-60(94)44(27-38-18-13-12-14-19-38)80-65(99)54(37(8)11-3)82-57(91)41(21-17-24-67)73-56(40)90;/h12-14,18-19,31,33-37,40-48,52-54H,9-11,15-17,20-30,32,67,69H2,1-8H3,(H2,68,84)(H,70,72)(H,71,89)(H,73,90)(H,74,93)(H,75,98)(H,76,97)(H,77,94)(H,78,96)(H,79,95)(H,80,99)(H,82,91)(H,83,92)(H,85,86)(H,87,88);/t35?,36?,37?,40-,41+,42+,43-,44+,45-,46-,47+,48?,52?,53-,54-;/m0./s1. The van der Waals surface area contributed by atoms with Crippen molar-refractivity contribution in [1.29, 1.82) is 0 Å². The van der Waals surface area contributed by atoms with Crippen molar-refractivity contribution in [3.05, 3.63) is 54.1 Å². The smallest absolute Gasteiger partial charge is 0.305 e. The molecule has 5 unspecified atom stereocenters. The number of thioether (sulfide) groups is 1. The predicted octanol–water partition coefficient (Wildman–Crippen LogP) is -1.68. The van der Waals surface area contributed by atoms with Gasteiger partial charge in [0.05, 0.1) is 30.3 Å². The number of nitrogens with one attached hydrogen (secondary N) is 12. The largest absolute Gasteiger partial charge is 0.481 e. The summed E-state index contributed by atoms with van der Waals surface area (Å²) in [5.74, 6) is -15.4. The van der Waals surface area contributed by atoms with Crippen molar-refractivity contribution in [1.82, 2.24) is 68.5 Å². The third-order valence-electron chi connectivity index (χ3n) is 17.5. The molecule has 1 fully saturated rings. The van der Waals surface area contributed by atoms with E-state index in [9.17, 15) is 77.3 Å². The van der Waals surface area contributed by atoms with E-state index in [0.29, 0.717) is 16.3 Å². The van der Waals surface area contributed by atoms with Crippen molar-refractivity contribution in [3.8, 4) is 0 Å². The minimum atomic E-state index is -1.94. The molecule has 33 nitrogen and oxygen atoms in total. The van der Waals surface area contributed by atoms with Crippen LogP contribution in [-0.4, -0.2) is 199 Å². The number of carbonyl (C=O) groups is 14. The molecule has 1 aromatic heterocycles. The monoisotopic (exact) mass is 1490 g/mol. The number of aromatic amines is 1. The Bertz CT molecular complexity index is 3170. The molecule has 4 rings (SSSR count). The summed E-state index contributed by atoms with van der Waals surface area (Å²) < 4.78 is 0. The Balaban J connectivity index is 0.0000265. The number of H-pyrrole nitrogens is 1. The SMILES string of the molecule is CCC(C)C(N)C1=NC(C(=O)N[C@@H](CC(C)C)C(=O)N[C@H](CCC(=O)O)C(=O)N[C@H](C(=O)N[C@H]2CCCCNC(=O)[C@H](CC(N)=O)NC(=O)[C@@H](CC(=O)O)NC(=O)[C@H](Cc3cnc[nH]3)NC(=O)[C@@H](Cc3ccccc3)NC(=O)[C@H](C(C)CC)NC(=O)[C@@H](CCCN)NC2=O)C(C)CC)CS1.[Zn]. The van der Waals surface area contributed by atoms with Gasteiger partial charge in [0, 0.05) is 62.9 Å². The number of carbonyl (C=O) groups excluding carboxylic acids is 12. The van der Waals surface area contributed by atoms with Crippen LogP contribution >= 0.6 is 11.8 Å². The maximum absolute atomic E-state index is 14.9. The molecule has 556 valence electrons. The molecule has 0 saturated carbocycles. The first-order valence-electron chi connectivity index (χ1n) is 34.1. The molecule has 1 saturated heterocycles. The van der Waals surface area contributed by atoms with E-state index in [0.717, 1.165) is 6.42 Å². The van der Waals surface area contributed by atoms with E-state index in [1.807, 2.05) is 27.7 Å². The Kier molecular flexibility index (Phi) is 37.9. The van der Waals surface area contributed by atoms with Gasteiger partial charge in [-0.3, -0.25) is 72.1 Å². The Morgan fingerprint density at radius 3 is 1.84 bits per heavy atom. The fourth-order valence-corrected chi connectivity index (χ4v) is 12.0. The van der Waals surface area contributed by atoms with Crippen molar-refractivity contribution < 1.29 is 96.8 Å². The van der Waals surface area contributed by atoms with Gasteiger partial charge in [0.15, 0.2) is 0 Å². The van der Waals surface area contributed by atoms with Crippen molar-refractivity contribution in [2.45, 2.75) is 224 Å². The number of primary amides is 1. The third kappa shape index (κ3) is 29.2. The summed E-state index contributed by atoms with van der Waals surface area (Å²) in [6.45, 7) is 14.1. The van der Waals surface area contributed by atoms with Crippen LogP contribution in [0.25, 0.3) is 0 Å². The first kappa shape index (κ1) is 86.8. The molecular weight excluding hydrogens is 1380 g/mol. The molecule has 3 heterocycles. The zero-order chi connectivity index (χ0) is 74.3. The molecule has 0 spiro atoms. The van der Waals surface area contributed by atoms with Crippen LogP contribution in [0.2, 0.25) is 0 Å². The Hall–Kier alpha value is -8.43. The van der Waals surface area contributed by atoms with E-state index >= 15 is 0 Å². The Morgan fingerprint density at radius 2 is 1.26 bits per heavy atom. The molecule has 2 aliphatic rings. The molecule has 0 bridgehead atoms. The van der Waals surface area contributed by atoms with E-state index in [1.54, 1.807) is 58.0 Å². The second kappa shape index (κ2) is 44.1. The average Bonchev–Trinajstić information content (AvgIpc) is 1.83. The van der Waals surface area contributed by atoms with Gasteiger partial charge in [0.2, 0.25) is 70.9 Å². The number of amides is 12. The summed E-state index contributed by atoms with van der Waals surface area (Å²) in [7, 11) is 0. The number of imidazole rings is 1. The van der Waals surface area contributed by atoms with Crippen LogP contribution in [0.4, 0.5) is 0 Å². The summed E-state index contributed by atoms with van der Waals surface area (Å²) in [4.78, 5) is 207. The number of aromatic nitrogens is 2. The molecule has 1 aromatic carbocycles. The predicted molar refractivity (Wildman–Crippen MR) is 369 cm³/mol.